The lowest BCUT2D eigenvalue weighted by Crippen LogP contribution is -2.59. The van der Waals surface area contributed by atoms with Gasteiger partial charge >= 0.3 is 0 Å². The smallest absolute Gasteiger partial charge is 0.129 e. The second-order valence-electron chi connectivity index (χ2n) is 11.3. The fourth-order valence-corrected chi connectivity index (χ4v) is 8.65. The van der Waals surface area contributed by atoms with E-state index in [-0.39, 0.29) is 29.0 Å². The van der Waals surface area contributed by atoms with E-state index in [1.165, 1.54) is 12.8 Å². The van der Waals surface area contributed by atoms with Crippen LogP contribution in [0, 0.1) is 40.9 Å². The zero-order valence-corrected chi connectivity index (χ0v) is 17.8. The van der Waals surface area contributed by atoms with E-state index in [2.05, 4.69) is 13.8 Å². The Morgan fingerprint density at radius 2 is 1.93 bits per heavy atom. The van der Waals surface area contributed by atoms with Crippen LogP contribution in [-0.4, -0.2) is 39.9 Å². The van der Waals surface area contributed by atoms with E-state index in [9.17, 15) is 15.0 Å². The fraction of sp³-hybridized carbons (Fsp3) is 0.958. The molecule has 11 atom stereocenters. The number of ether oxygens (including phenoxy) is 1. The number of rotatable bonds is 4. The molecule has 28 heavy (non-hydrogen) atoms. The van der Waals surface area contributed by atoms with E-state index in [1.807, 2.05) is 0 Å². The summed E-state index contributed by atoms with van der Waals surface area (Å²) in [6, 6.07) is 0. The molecule has 0 aromatic rings. The summed E-state index contributed by atoms with van der Waals surface area (Å²) in [4.78, 5) is 11.5. The number of carbonyl (C=O) groups excluding carboxylic acids is 1. The molecule has 1 spiro atoms. The largest absolute Gasteiger partial charge is 0.393 e. The number of epoxide rings is 1. The maximum atomic E-state index is 11.5. The van der Waals surface area contributed by atoms with Crippen molar-refractivity contribution < 1.29 is 19.7 Å². The first kappa shape index (κ1) is 19.5. The predicted molar refractivity (Wildman–Crippen MR) is 107 cm³/mol. The highest BCUT2D eigenvalue weighted by molar-refractivity contribution is 5.75. The van der Waals surface area contributed by atoms with Crippen LogP contribution in [0.25, 0.3) is 0 Å². The average Bonchev–Trinajstić information content (AvgIpc) is 3.24. The van der Waals surface area contributed by atoms with Gasteiger partial charge < -0.3 is 19.7 Å². The van der Waals surface area contributed by atoms with Crippen LogP contribution < -0.4 is 0 Å². The third-order valence-electron chi connectivity index (χ3n) is 10.1. The number of hydrogen-bond donors (Lipinski definition) is 2. The second kappa shape index (κ2) is 6.52. The van der Waals surface area contributed by atoms with Crippen molar-refractivity contribution in [1.82, 2.24) is 0 Å². The molecule has 0 aromatic heterocycles. The second-order valence-corrected chi connectivity index (χ2v) is 11.3. The maximum absolute atomic E-state index is 11.5. The zero-order chi connectivity index (χ0) is 19.8. The first-order chi connectivity index (χ1) is 13.3. The van der Waals surface area contributed by atoms with Gasteiger partial charge in [0.25, 0.3) is 0 Å². The predicted octanol–water partition coefficient (Wildman–Crippen LogP) is 3.72. The van der Waals surface area contributed by atoms with Crippen molar-refractivity contribution in [1.29, 1.82) is 0 Å². The summed E-state index contributed by atoms with van der Waals surface area (Å²) in [6.07, 6.45) is 8.78. The van der Waals surface area contributed by atoms with E-state index in [0.717, 1.165) is 38.5 Å². The van der Waals surface area contributed by atoms with Crippen LogP contribution in [0.2, 0.25) is 0 Å². The lowest BCUT2D eigenvalue weighted by Gasteiger charge is -2.59. The molecule has 1 heterocycles. The molecule has 2 N–H and O–H groups in total. The Balaban J connectivity index is 1.39. The number of fused-ring (bicyclic) bond motifs is 4. The molecular formula is C24H38O4. The van der Waals surface area contributed by atoms with Gasteiger partial charge in [-0.05, 0) is 99.2 Å². The highest BCUT2D eigenvalue weighted by Gasteiger charge is 2.76. The monoisotopic (exact) mass is 390 g/mol. The molecule has 5 rings (SSSR count). The quantitative estimate of drug-likeness (QED) is 0.718. The molecule has 4 nitrogen and oxygen atoms in total. The summed E-state index contributed by atoms with van der Waals surface area (Å²) in [7, 11) is 0. The van der Waals surface area contributed by atoms with Gasteiger partial charge in [-0.25, -0.2) is 0 Å². The van der Waals surface area contributed by atoms with Gasteiger partial charge in [0.05, 0.1) is 18.3 Å². The molecule has 4 saturated carbocycles. The molecular weight excluding hydrogens is 352 g/mol. The standard InChI is InChI=1S/C24H38O4/c1-13(4-5-14(2)25)17-6-7-18-22-19(12-21-24(17,18)28-21)23(3)9-8-16(26)10-15(23)11-20(22)27/h13,15-22,26-27H,4-12H2,1-3H3. The number of carbonyl (C=O) groups is 1. The molecule has 0 amide bonds. The molecule has 4 heteroatoms. The molecule has 0 aromatic carbocycles. The Bertz CT molecular complexity index is 649. The van der Waals surface area contributed by atoms with Gasteiger partial charge in [-0.2, -0.15) is 0 Å². The van der Waals surface area contributed by atoms with E-state index in [0.29, 0.717) is 48.0 Å². The van der Waals surface area contributed by atoms with Crippen molar-refractivity contribution >= 4 is 5.78 Å². The molecule has 5 fully saturated rings. The lowest BCUT2D eigenvalue weighted by atomic mass is 9.46. The third kappa shape index (κ3) is 2.63. The molecule has 0 radical (unpaired) electrons. The Kier molecular flexibility index (Phi) is 4.54. The normalized spacial score (nSPS) is 55.5. The van der Waals surface area contributed by atoms with Gasteiger partial charge in [-0.1, -0.05) is 13.8 Å². The minimum atomic E-state index is -0.244. The van der Waals surface area contributed by atoms with Gasteiger partial charge in [0, 0.05) is 6.42 Å². The summed E-state index contributed by atoms with van der Waals surface area (Å²) < 4.78 is 6.57. The minimum Gasteiger partial charge on any atom is -0.393 e. The first-order valence-corrected chi connectivity index (χ1v) is 11.8. The summed E-state index contributed by atoms with van der Waals surface area (Å²) >= 11 is 0. The number of hydrogen-bond acceptors (Lipinski definition) is 4. The van der Waals surface area contributed by atoms with Crippen molar-refractivity contribution in [3.63, 3.8) is 0 Å². The highest BCUT2D eigenvalue weighted by atomic mass is 16.6. The van der Waals surface area contributed by atoms with Crippen molar-refractivity contribution in [2.45, 2.75) is 102 Å². The molecule has 11 unspecified atom stereocenters. The summed E-state index contributed by atoms with van der Waals surface area (Å²) in [5, 5.41) is 21.5. The van der Waals surface area contributed by atoms with Crippen LogP contribution in [0.4, 0.5) is 0 Å². The number of Topliss-reactive ketones (excluding diaryl/α,β-unsaturated/α-hetero) is 1. The van der Waals surface area contributed by atoms with E-state index in [1.54, 1.807) is 6.92 Å². The van der Waals surface area contributed by atoms with Crippen LogP contribution in [-0.2, 0) is 9.53 Å². The van der Waals surface area contributed by atoms with E-state index in [4.69, 9.17) is 4.74 Å². The first-order valence-electron chi connectivity index (χ1n) is 11.8. The van der Waals surface area contributed by atoms with Crippen LogP contribution >= 0.6 is 0 Å². The van der Waals surface area contributed by atoms with Crippen molar-refractivity contribution in [2.24, 2.45) is 40.9 Å². The number of ketones is 1. The molecule has 158 valence electrons. The van der Waals surface area contributed by atoms with Gasteiger partial charge in [-0.3, -0.25) is 0 Å². The topological polar surface area (TPSA) is 70.1 Å². The molecule has 1 aliphatic heterocycles. The highest BCUT2D eigenvalue weighted by Crippen LogP contribution is 2.72. The van der Waals surface area contributed by atoms with Crippen molar-refractivity contribution in [2.75, 3.05) is 0 Å². The van der Waals surface area contributed by atoms with Gasteiger partial charge in [-0.15, -0.1) is 0 Å². The lowest BCUT2D eigenvalue weighted by molar-refractivity contribution is -0.150. The van der Waals surface area contributed by atoms with Crippen molar-refractivity contribution in [3.8, 4) is 0 Å². The van der Waals surface area contributed by atoms with Gasteiger partial charge in [0.15, 0.2) is 0 Å². The Morgan fingerprint density at radius 1 is 1.14 bits per heavy atom. The Labute approximate surface area is 169 Å². The summed E-state index contributed by atoms with van der Waals surface area (Å²) in [6.45, 7) is 6.46. The van der Waals surface area contributed by atoms with Crippen LogP contribution in [0.5, 0.6) is 0 Å². The zero-order valence-electron chi connectivity index (χ0n) is 17.8. The van der Waals surface area contributed by atoms with Crippen molar-refractivity contribution in [3.05, 3.63) is 0 Å². The van der Waals surface area contributed by atoms with Crippen LogP contribution in [0.15, 0.2) is 0 Å². The van der Waals surface area contributed by atoms with E-state index < -0.39 is 0 Å². The maximum Gasteiger partial charge on any atom is 0.129 e. The summed E-state index contributed by atoms with van der Waals surface area (Å²) in [5.41, 5.74) is 0.245. The van der Waals surface area contributed by atoms with Gasteiger partial charge in [0.2, 0.25) is 0 Å². The number of aliphatic hydroxyl groups is 2. The van der Waals surface area contributed by atoms with Crippen LogP contribution in [0.1, 0.15) is 78.6 Å². The Hall–Kier alpha value is -0.450. The Morgan fingerprint density at radius 3 is 2.68 bits per heavy atom. The average molecular weight is 391 g/mol. The van der Waals surface area contributed by atoms with E-state index >= 15 is 0 Å². The number of aliphatic hydroxyl groups excluding tert-OH is 2. The van der Waals surface area contributed by atoms with Crippen LogP contribution in [0.3, 0.4) is 0 Å². The third-order valence-corrected chi connectivity index (χ3v) is 10.1. The molecule has 0 bridgehead atoms. The fourth-order valence-electron chi connectivity index (χ4n) is 8.65. The summed E-state index contributed by atoms with van der Waals surface area (Å²) in [5.74, 6) is 3.19. The molecule has 4 aliphatic carbocycles. The molecule has 5 aliphatic rings. The minimum absolute atomic E-state index is 0.00424. The van der Waals surface area contributed by atoms with Gasteiger partial charge in [0.1, 0.15) is 11.4 Å². The SMILES string of the molecule is CC(=O)CCC(C)C1CCC2C3C(O)CC4CC(O)CCC4(C)C3CC3OC312. The molecule has 1 saturated heterocycles.